The van der Waals surface area contributed by atoms with Crippen LogP contribution in [0.3, 0.4) is 0 Å². The van der Waals surface area contributed by atoms with Gasteiger partial charge < -0.3 is 0 Å². The smallest absolute Gasteiger partial charge is 0.199 e. The summed E-state index contributed by atoms with van der Waals surface area (Å²) in [4.78, 5) is 0.225. The molecule has 0 fully saturated rings. The standard InChI is InChI=1S/C16H14ClNO2S/c1-11-2-6-14(7-3-11)21(19,20)18-16-9-4-12-10-13(17)5-8-15(12)16/h2-3,5-8,10H,4,9H2,1H3/b18-16-. The fraction of sp³-hybridized carbons (Fsp3) is 0.188. The molecular weight excluding hydrogens is 306 g/mol. The average Bonchev–Trinajstić information content (AvgIpc) is 2.81. The van der Waals surface area contributed by atoms with Crippen LogP contribution in [-0.4, -0.2) is 14.1 Å². The lowest BCUT2D eigenvalue weighted by molar-refractivity contribution is 0.598. The molecule has 3 rings (SSSR count). The minimum Gasteiger partial charge on any atom is -0.199 e. The Morgan fingerprint density at radius 1 is 1.05 bits per heavy atom. The van der Waals surface area contributed by atoms with Crippen molar-refractivity contribution in [1.82, 2.24) is 0 Å². The van der Waals surface area contributed by atoms with Crippen LogP contribution in [0.15, 0.2) is 51.8 Å². The highest BCUT2D eigenvalue weighted by atomic mass is 35.5. The first-order chi connectivity index (χ1) is 9.95. The van der Waals surface area contributed by atoms with Gasteiger partial charge in [-0.3, -0.25) is 0 Å². The fourth-order valence-corrected chi connectivity index (χ4v) is 3.70. The molecule has 0 saturated heterocycles. The minimum atomic E-state index is -3.66. The van der Waals surface area contributed by atoms with Gasteiger partial charge in [0, 0.05) is 10.6 Å². The highest BCUT2D eigenvalue weighted by molar-refractivity contribution is 7.90. The maximum Gasteiger partial charge on any atom is 0.282 e. The van der Waals surface area contributed by atoms with Gasteiger partial charge in [0.05, 0.1) is 10.6 Å². The Labute approximate surface area is 129 Å². The van der Waals surface area contributed by atoms with Gasteiger partial charge in [-0.25, -0.2) is 0 Å². The summed E-state index contributed by atoms with van der Waals surface area (Å²) < 4.78 is 28.7. The van der Waals surface area contributed by atoms with Crippen LogP contribution in [0.2, 0.25) is 5.02 Å². The van der Waals surface area contributed by atoms with Crippen molar-refractivity contribution in [2.24, 2.45) is 4.40 Å². The highest BCUT2D eigenvalue weighted by Gasteiger charge is 2.21. The maximum atomic E-state index is 12.4. The molecule has 0 N–H and O–H groups in total. The van der Waals surface area contributed by atoms with Crippen molar-refractivity contribution in [3.05, 3.63) is 64.2 Å². The van der Waals surface area contributed by atoms with Crippen molar-refractivity contribution in [3.63, 3.8) is 0 Å². The SMILES string of the molecule is Cc1ccc(S(=O)(=O)/N=C2/CCc3cc(Cl)ccc32)cc1. The maximum absolute atomic E-state index is 12.4. The number of rotatable bonds is 2. The van der Waals surface area contributed by atoms with E-state index in [1.165, 1.54) is 0 Å². The summed E-state index contributed by atoms with van der Waals surface area (Å²) in [5, 5.41) is 0.663. The van der Waals surface area contributed by atoms with Gasteiger partial charge in [-0.1, -0.05) is 35.4 Å². The first-order valence-electron chi connectivity index (χ1n) is 6.65. The number of hydrogen-bond donors (Lipinski definition) is 0. The first kappa shape index (κ1) is 14.3. The number of hydrogen-bond acceptors (Lipinski definition) is 2. The zero-order chi connectivity index (χ0) is 15.0. The molecule has 0 atom stereocenters. The van der Waals surface area contributed by atoms with E-state index in [2.05, 4.69) is 4.40 Å². The zero-order valence-corrected chi connectivity index (χ0v) is 13.1. The molecule has 0 saturated carbocycles. The van der Waals surface area contributed by atoms with Gasteiger partial charge in [0.2, 0.25) is 0 Å². The van der Waals surface area contributed by atoms with Crippen LogP contribution < -0.4 is 0 Å². The zero-order valence-electron chi connectivity index (χ0n) is 11.5. The molecule has 0 radical (unpaired) electrons. The van der Waals surface area contributed by atoms with E-state index in [1.807, 2.05) is 19.1 Å². The van der Waals surface area contributed by atoms with E-state index >= 15 is 0 Å². The van der Waals surface area contributed by atoms with Crippen molar-refractivity contribution in [2.45, 2.75) is 24.7 Å². The minimum absolute atomic E-state index is 0.225. The topological polar surface area (TPSA) is 46.5 Å². The highest BCUT2D eigenvalue weighted by Crippen LogP contribution is 2.27. The summed E-state index contributed by atoms with van der Waals surface area (Å²) in [5.41, 5.74) is 3.57. The van der Waals surface area contributed by atoms with Crippen LogP contribution in [0.1, 0.15) is 23.1 Å². The van der Waals surface area contributed by atoms with E-state index in [0.29, 0.717) is 17.2 Å². The monoisotopic (exact) mass is 319 g/mol. The van der Waals surface area contributed by atoms with Gasteiger partial charge in [-0.05, 0) is 49.6 Å². The predicted octanol–water partition coefficient (Wildman–Crippen LogP) is 3.77. The molecule has 1 aliphatic carbocycles. The van der Waals surface area contributed by atoms with Gasteiger partial charge >= 0.3 is 0 Å². The third-order valence-electron chi connectivity index (χ3n) is 3.56. The third-order valence-corrected chi connectivity index (χ3v) is 5.12. The second-order valence-electron chi connectivity index (χ2n) is 5.13. The normalized spacial score (nSPS) is 16.2. The molecular formula is C16H14ClNO2S. The number of benzene rings is 2. The Morgan fingerprint density at radius 2 is 1.76 bits per heavy atom. The Hall–Kier alpha value is -1.65. The molecule has 5 heteroatoms. The van der Waals surface area contributed by atoms with Crippen LogP contribution in [0, 0.1) is 6.92 Å². The Kier molecular flexibility index (Phi) is 3.59. The molecule has 0 aromatic heterocycles. The number of halogens is 1. The van der Waals surface area contributed by atoms with Gasteiger partial charge in [0.1, 0.15) is 0 Å². The quantitative estimate of drug-likeness (QED) is 0.845. The molecule has 2 aromatic rings. The first-order valence-corrected chi connectivity index (χ1v) is 8.47. The summed E-state index contributed by atoms with van der Waals surface area (Å²) in [6, 6.07) is 12.2. The van der Waals surface area contributed by atoms with Gasteiger partial charge in [0.25, 0.3) is 10.0 Å². The summed E-state index contributed by atoms with van der Waals surface area (Å²) in [6.07, 6.45) is 1.40. The van der Waals surface area contributed by atoms with E-state index in [1.54, 1.807) is 30.3 Å². The lowest BCUT2D eigenvalue weighted by atomic mass is 10.1. The van der Waals surface area contributed by atoms with E-state index in [4.69, 9.17) is 11.6 Å². The lowest BCUT2D eigenvalue weighted by Crippen LogP contribution is -2.03. The van der Waals surface area contributed by atoms with E-state index in [9.17, 15) is 8.42 Å². The molecule has 2 aromatic carbocycles. The Morgan fingerprint density at radius 3 is 2.48 bits per heavy atom. The predicted molar refractivity (Wildman–Crippen MR) is 84.7 cm³/mol. The summed E-state index contributed by atoms with van der Waals surface area (Å²) in [5.74, 6) is 0. The van der Waals surface area contributed by atoms with Crippen molar-refractivity contribution in [3.8, 4) is 0 Å². The molecule has 0 amide bonds. The molecule has 108 valence electrons. The van der Waals surface area contributed by atoms with Crippen molar-refractivity contribution in [2.75, 3.05) is 0 Å². The van der Waals surface area contributed by atoms with Gasteiger partial charge in [-0.2, -0.15) is 12.8 Å². The van der Waals surface area contributed by atoms with Gasteiger partial charge in [-0.15, -0.1) is 0 Å². The second-order valence-corrected chi connectivity index (χ2v) is 7.17. The van der Waals surface area contributed by atoms with Crippen LogP contribution in [0.5, 0.6) is 0 Å². The van der Waals surface area contributed by atoms with Crippen LogP contribution >= 0.6 is 11.6 Å². The van der Waals surface area contributed by atoms with Crippen molar-refractivity contribution >= 4 is 27.3 Å². The Bertz CT molecular complexity index is 824. The number of fused-ring (bicyclic) bond motifs is 1. The molecule has 0 aliphatic heterocycles. The average molecular weight is 320 g/mol. The molecule has 0 heterocycles. The van der Waals surface area contributed by atoms with E-state index in [-0.39, 0.29) is 4.90 Å². The molecule has 1 aliphatic rings. The molecule has 0 unspecified atom stereocenters. The summed E-state index contributed by atoms with van der Waals surface area (Å²) in [7, 11) is -3.66. The Balaban J connectivity index is 2.02. The number of sulfonamides is 1. The van der Waals surface area contributed by atoms with E-state index in [0.717, 1.165) is 23.1 Å². The van der Waals surface area contributed by atoms with Crippen LogP contribution in [0.4, 0.5) is 0 Å². The molecule has 21 heavy (non-hydrogen) atoms. The summed E-state index contributed by atoms with van der Waals surface area (Å²) >= 11 is 5.96. The molecule has 3 nitrogen and oxygen atoms in total. The van der Waals surface area contributed by atoms with Crippen LogP contribution in [-0.2, 0) is 16.4 Å². The largest absolute Gasteiger partial charge is 0.282 e. The van der Waals surface area contributed by atoms with E-state index < -0.39 is 10.0 Å². The summed E-state index contributed by atoms with van der Waals surface area (Å²) in [6.45, 7) is 1.92. The second kappa shape index (κ2) is 5.28. The van der Waals surface area contributed by atoms with Crippen molar-refractivity contribution in [1.29, 1.82) is 0 Å². The van der Waals surface area contributed by atoms with Gasteiger partial charge in [0.15, 0.2) is 0 Å². The lowest BCUT2D eigenvalue weighted by Gasteiger charge is -2.03. The van der Waals surface area contributed by atoms with Crippen molar-refractivity contribution < 1.29 is 8.42 Å². The van der Waals surface area contributed by atoms with Crippen LogP contribution in [0.25, 0.3) is 0 Å². The fourth-order valence-electron chi connectivity index (χ4n) is 2.44. The number of nitrogens with zero attached hydrogens (tertiary/aromatic N) is 1. The molecule has 0 bridgehead atoms. The molecule has 0 spiro atoms. The number of aryl methyl sites for hydroxylation is 2. The third kappa shape index (κ3) is 2.87.